The molecule has 0 aliphatic heterocycles. The minimum absolute atomic E-state index is 0.0154. The molecule has 51 heavy (non-hydrogen) atoms. The molecule has 10 rings (SSSR count). The molecule has 0 atom stereocenters. The quantitative estimate of drug-likeness (QED) is 0.185. The maximum atomic E-state index is 9.69. The molecule has 0 saturated heterocycles. The SMILES string of the molecule is [2H]c1c([2H])c([2H])c2c(-c3cccc4ccc5c6ccccc6oc5c34)c([2H])c([2H])c(-c3nc(-c4ccccc4)nc(-c4ccc(-c5ccccc5)cc4)n3)c2c1[2H]. The topological polar surface area (TPSA) is 51.8 Å². The highest BCUT2D eigenvalue weighted by atomic mass is 16.3. The van der Waals surface area contributed by atoms with Crippen molar-refractivity contribution in [2.45, 2.75) is 0 Å². The average Bonchev–Trinajstić information content (AvgIpc) is 3.65. The molecule has 0 radical (unpaired) electrons. The van der Waals surface area contributed by atoms with Crippen LogP contribution in [0.15, 0.2) is 180 Å². The molecule has 0 bridgehead atoms. The van der Waals surface area contributed by atoms with E-state index in [1.165, 1.54) is 0 Å². The minimum Gasteiger partial charge on any atom is -0.455 e. The standard InChI is InChI=1S/C47H29N3O/c1-3-12-30(13-4-1)31-22-24-34(25-23-31)46-48-45(33-14-5-2-6-15-33)49-47(50-46)41-29-28-37(35-17-7-8-18-36(35)41)39-20-11-16-32-26-27-40-38-19-9-10-21-42(38)51-44(40)43(32)39/h1-29H/i7D,8D,17D,18D,28D,29D. The summed E-state index contributed by atoms with van der Waals surface area (Å²) in [4.78, 5) is 14.6. The third-order valence-corrected chi connectivity index (χ3v) is 9.30. The zero-order chi connectivity index (χ0) is 38.9. The first-order chi connectivity index (χ1) is 27.8. The van der Waals surface area contributed by atoms with E-state index in [1.54, 1.807) is 0 Å². The van der Waals surface area contributed by atoms with E-state index in [0.717, 1.165) is 27.3 Å². The Morgan fingerprint density at radius 1 is 0.392 bits per heavy atom. The van der Waals surface area contributed by atoms with Crippen molar-refractivity contribution in [3.63, 3.8) is 0 Å². The predicted octanol–water partition coefficient (Wildman–Crippen LogP) is 12.4. The first kappa shape index (κ1) is 23.4. The lowest BCUT2D eigenvalue weighted by Crippen LogP contribution is -2.00. The third-order valence-electron chi connectivity index (χ3n) is 9.30. The number of nitrogens with zero attached hydrogens (tertiary/aromatic N) is 3. The van der Waals surface area contributed by atoms with Crippen molar-refractivity contribution in [2.75, 3.05) is 0 Å². The molecule has 238 valence electrons. The summed E-state index contributed by atoms with van der Waals surface area (Å²) in [7, 11) is 0. The number of rotatable bonds is 5. The lowest BCUT2D eigenvalue weighted by Gasteiger charge is -2.14. The molecule has 0 aliphatic rings. The number of furan rings is 1. The summed E-state index contributed by atoms with van der Waals surface area (Å²) in [6, 6.07) is 42.3. The van der Waals surface area contributed by atoms with Crippen LogP contribution in [0.4, 0.5) is 0 Å². The van der Waals surface area contributed by atoms with Crippen molar-refractivity contribution in [2.24, 2.45) is 0 Å². The van der Waals surface area contributed by atoms with Gasteiger partial charge in [0.25, 0.3) is 0 Å². The number of aromatic nitrogens is 3. The van der Waals surface area contributed by atoms with Gasteiger partial charge < -0.3 is 4.42 Å². The van der Waals surface area contributed by atoms with Gasteiger partial charge in [-0.15, -0.1) is 0 Å². The Morgan fingerprint density at radius 3 is 1.75 bits per heavy atom. The van der Waals surface area contributed by atoms with Crippen LogP contribution in [-0.2, 0) is 0 Å². The van der Waals surface area contributed by atoms with Gasteiger partial charge in [0.2, 0.25) is 0 Å². The highest BCUT2D eigenvalue weighted by Crippen LogP contribution is 2.42. The van der Waals surface area contributed by atoms with Crippen LogP contribution in [0, 0.1) is 0 Å². The van der Waals surface area contributed by atoms with Gasteiger partial charge >= 0.3 is 0 Å². The van der Waals surface area contributed by atoms with Crippen LogP contribution in [0.1, 0.15) is 8.22 Å². The monoisotopic (exact) mass is 657 g/mol. The summed E-state index contributed by atoms with van der Waals surface area (Å²) in [5, 5.41) is 3.42. The van der Waals surface area contributed by atoms with Crippen LogP contribution in [0.25, 0.3) is 99.9 Å². The number of benzene rings is 8. The summed E-state index contributed by atoms with van der Waals surface area (Å²) in [5.74, 6) is 0.639. The van der Waals surface area contributed by atoms with Crippen LogP contribution in [0.3, 0.4) is 0 Å². The molecule has 0 N–H and O–H groups in total. The fraction of sp³-hybridized carbons (Fsp3) is 0. The second-order valence-electron chi connectivity index (χ2n) is 12.3. The van der Waals surface area contributed by atoms with Crippen molar-refractivity contribution in [1.29, 1.82) is 0 Å². The van der Waals surface area contributed by atoms with Gasteiger partial charge in [-0.05, 0) is 56.6 Å². The Labute approximate surface area is 302 Å². The molecular weight excluding hydrogens is 623 g/mol. The van der Waals surface area contributed by atoms with E-state index < -0.39 is 12.1 Å². The van der Waals surface area contributed by atoms with Gasteiger partial charge in [0.05, 0.1) is 8.22 Å². The first-order valence-electron chi connectivity index (χ1n) is 19.6. The Morgan fingerprint density at radius 2 is 0.980 bits per heavy atom. The first-order valence-corrected chi connectivity index (χ1v) is 16.6. The fourth-order valence-corrected chi connectivity index (χ4v) is 6.84. The second kappa shape index (κ2) is 11.9. The molecule has 2 heterocycles. The van der Waals surface area contributed by atoms with E-state index in [1.807, 2.05) is 140 Å². The van der Waals surface area contributed by atoms with Crippen LogP contribution >= 0.6 is 0 Å². The van der Waals surface area contributed by atoms with Gasteiger partial charge in [-0.3, -0.25) is 0 Å². The Hall–Kier alpha value is -6.91. The van der Waals surface area contributed by atoms with E-state index in [9.17, 15) is 5.48 Å². The predicted molar refractivity (Wildman–Crippen MR) is 209 cm³/mol. The second-order valence-corrected chi connectivity index (χ2v) is 12.3. The van der Waals surface area contributed by atoms with E-state index in [4.69, 9.17) is 22.1 Å². The fourth-order valence-electron chi connectivity index (χ4n) is 6.84. The Kier molecular flexibility index (Phi) is 5.47. The Bertz CT molecular complexity index is 3240. The zero-order valence-electron chi connectivity index (χ0n) is 33.0. The summed E-state index contributed by atoms with van der Waals surface area (Å²) in [6.07, 6.45) is 0. The normalized spacial score (nSPS) is 13.2. The zero-order valence-corrected chi connectivity index (χ0v) is 27.0. The van der Waals surface area contributed by atoms with Crippen LogP contribution in [0.5, 0.6) is 0 Å². The summed E-state index contributed by atoms with van der Waals surface area (Å²) >= 11 is 0. The minimum atomic E-state index is -0.469. The van der Waals surface area contributed by atoms with Gasteiger partial charge in [0, 0.05) is 32.8 Å². The molecule has 8 aromatic carbocycles. The molecule has 0 unspecified atom stereocenters. The lowest BCUT2D eigenvalue weighted by atomic mass is 9.91. The van der Waals surface area contributed by atoms with Crippen molar-refractivity contribution in [1.82, 2.24) is 15.0 Å². The van der Waals surface area contributed by atoms with Crippen molar-refractivity contribution in [3.8, 4) is 56.4 Å². The molecule has 4 nitrogen and oxygen atoms in total. The molecule has 0 aliphatic carbocycles. The van der Waals surface area contributed by atoms with Crippen LogP contribution < -0.4 is 0 Å². The average molecular weight is 658 g/mol. The summed E-state index contributed by atoms with van der Waals surface area (Å²) in [6.45, 7) is 0. The number of para-hydroxylation sites is 1. The van der Waals surface area contributed by atoms with Crippen molar-refractivity contribution >= 4 is 43.5 Å². The van der Waals surface area contributed by atoms with Gasteiger partial charge in [-0.1, -0.05) is 158 Å². The molecule has 4 heteroatoms. The van der Waals surface area contributed by atoms with Gasteiger partial charge in [0.15, 0.2) is 17.5 Å². The van der Waals surface area contributed by atoms with Crippen LogP contribution in [0.2, 0.25) is 0 Å². The maximum absolute atomic E-state index is 9.69. The molecule has 0 spiro atoms. The van der Waals surface area contributed by atoms with Crippen molar-refractivity contribution in [3.05, 3.63) is 176 Å². The third kappa shape index (κ3) is 4.96. The van der Waals surface area contributed by atoms with E-state index in [0.29, 0.717) is 44.9 Å². The van der Waals surface area contributed by atoms with Crippen LogP contribution in [-0.4, -0.2) is 15.0 Å². The molecule has 0 saturated carbocycles. The van der Waals surface area contributed by atoms with Crippen molar-refractivity contribution < 1.29 is 12.6 Å². The largest absolute Gasteiger partial charge is 0.455 e. The number of fused-ring (bicyclic) bond motifs is 6. The molecule has 2 aromatic heterocycles. The molecular formula is C47H29N3O. The lowest BCUT2D eigenvalue weighted by molar-refractivity contribution is 0.673. The van der Waals surface area contributed by atoms with Gasteiger partial charge in [-0.25, -0.2) is 15.0 Å². The summed E-state index contributed by atoms with van der Waals surface area (Å²) in [5.41, 5.74) is 5.43. The summed E-state index contributed by atoms with van der Waals surface area (Å²) < 4.78 is 62.1. The number of hydrogen-bond donors (Lipinski definition) is 0. The molecule has 0 amide bonds. The highest BCUT2D eigenvalue weighted by molar-refractivity contribution is 6.20. The van der Waals surface area contributed by atoms with E-state index in [2.05, 4.69) is 0 Å². The Balaban J connectivity index is 1.28. The van der Waals surface area contributed by atoms with E-state index in [-0.39, 0.29) is 51.9 Å². The highest BCUT2D eigenvalue weighted by Gasteiger charge is 2.19. The number of hydrogen-bond acceptors (Lipinski definition) is 4. The van der Waals surface area contributed by atoms with Gasteiger partial charge in [0.1, 0.15) is 11.2 Å². The van der Waals surface area contributed by atoms with E-state index >= 15 is 0 Å². The van der Waals surface area contributed by atoms with Gasteiger partial charge in [-0.2, -0.15) is 0 Å². The molecule has 10 aromatic rings. The smallest absolute Gasteiger partial charge is 0.164 e. The molecule has 0 fully saturated rings. The maximum Gasteiger partial charge on any atom is 0.164 e.